The number of nitrogens with two attached hydrogens (primary N) is 1. The number of unbranched alkanes of at least 4 members (excludes halogenated alkanes) is 1. The van der Waals surface area contributed by atoms with E-state index in [9.17, 15) is 0 Å². The van der Waals surface area contributed by atoms with Gasteiger partial charge in [-0.25, -0.2) is 0 Å². The van der Waals surface area contributed by atoms with Crippen molar-refractivity contribution in [3.05, 3.63) is 34.9 Å². The van der Waals surface area contributed by atoms with Crippen molar-refractivity contribution < 1.29 is 0 Å². The van der Waals surface area contributed by atoms with Gasteiger partial charge >= 0.3 is 0 Å². The Morgan fingerprint density at radius 3 is 2.10 bits per heavy atom. The van der Waals surface area contributed by atoms with Crippen molar-refractivity contribution in [2.75, 3.05) is 19.6 Å². The second kappa shape index (κ2) is 12.8. The molecular formula is C19H36N2. The molecule has 1 aliphatic heterocycles. The van der Waals surface area contributed by atoms with E-state index in [-0.39, 0.29) is 0 Å². The number of hydrogen-bond donors (Lipinski definition) is 2. The van der Waals surface area contributed by atoms with Crippen LogP contribution in [0.25, 0.3) is 0 Å². The normalized spacial score (nSPS) is 13.4. The fraction of sp³-hybridized carbons (Fsp3) is 0.684. The molecule has 1 aliphatic rings. The van der Waals surface area contributed by atoms with Crippen LogP contribution in [0.3, 0.4) is 0 Å². The van der Waals surface area contributed by atoms with Crippen molar-refractivity contribution in [1.82, 2.24) is 5.32 Å². The van der Waals surface area contributed by atoms with Gasteiger partial charge in [-0.2, -0.15) is 0 Å². The lowest BCUT2D eigenvalue weighted by molar-refractivity contribution is 0.448. The zero-order valence-corrected chi connectivity index (χ0v) is 14.8. The lowest BCUT2D eigenvalue weighted by Gasteiger charge is -2.28. The summed E-state index contributed by atoms with van der Waals surface area (Å²) in [4.78, 5) is 0. The smallest absolute Gasteiger partial charge is 0.00887 e. The maximum Gasteiger partial charge on any atom is 0.00887 e. The summed E-state index contributed by atoms with van der Waals surface area (Å²) >= 11 is 0. The van der Waals surface area contributed by atoms with Gasteiger partial charge in [-0.3, -0.25) is 0 Å². The third-order valence-electron chi connectivity index (χ3n) is 3.66. The van der Waals surface area contributed by atoms with Gasteiger partial charge in [0.2, 0.25) is 0 Å². The average Bonchev–Trinajstić information content (AvgIpc) is 2.50. The Morgan fingerprint density at radius 1 is 1.00 bits per heavy atom. The summed E-state index contributed by atoms with van der Waals surface area (Å²) in [5.74, 6) is 0.745. The zero-order chi connectivity index (χ0) is 16.1. The van der Waals surface area contributed by atoms with Crippen LogP contribution in [-0.2, 0) is 12.8 Å². The highest BCUT2D eigenvalue weighted by Gasteiger charge is 2.19. The summed E-state index contributed by atoms with van der Waals surface area (Å²) in [6.07, 6.45) is 4.67. The fourth-order valence-corrected chi connectivity index (χ4v) is 2.37. The molecule has 2 nitrogen and oxygen atoms in total. The molecule has 2 heteroatoms. The number of benzene rings is 1. The Morgan fingerprint density at radius 2 is 1.62 bits per heavy atom. The molecule has 1 aromatic carbocycles. The van der Waals surface area contributed by atoms with E-state index in [4.69, 9.17) is 5.73 Å². The van der Waals surface area contributed by atoms with E-state index in [1.807, 2.05) is 27.7 Å². The predicted octanol–water partition coefficient (Wildman–Crippen LogP) is 4.27. The lowest BCUT2D eigenvalue weighted by atomic mass is 9.89. The molecule has 21 heavy (non-hydrogen) atoms. The van der Waals surface area contributed by atoms with E-state index >= 15 is 0 Å². The third-order valence-corrected chi connectivity index (χ3v) is 3.66. The summed E-state index contributed by atoms with van der Waals surface area (Å²) in [6, 6.07) is 7.16. The van der Waals surface area contributed by atoms with Crippen molar-refractivity contribution in [2.45, 2.75) is 66.2 Å². The highest BCUT2D eigenvalue weighted by molar-refractivity contribution is 5.34. The molecular weight excluding hydrogens is 256 g/mol. The number of aryl methyl sites for hydroxylation is 2. The van der Waals surface area contributed by atoms with E-state index < -0.39 is 0 Å². The van der Waals surface area contributed by atoms with Crippen LogP contribution in [-0.4, -0.2) is 19.6 Å². The predicted molar refractivity (Wildman–Crippen MR) is 96.1 cm³/mol. The molecule has 0 saturated carbocycles. The molecule has 0 amide bonds. The summed E-state index contributed by atoms with van der Waals surface area (Å²) in [5, 5.41) is 3.35. The van der Waals surface area contributed by atoms with Gasteiger partial charge in [0.1, 0.15) is 0 Å². The second-order valence-corrected chi connectivity index (χ2v) is 5.04. The minimum atomic E-state index is 0.745. The van der Waals surface area contributed by atoms with Crippen LogP contribution in [0.1, 0.15) is 70.1 Å². The monoisotopic (exact) mass is 292 g/mol. The van der Waals surface area contributed by atoms with Crippen molar-refractivity contribution in [2.24, 2.45) is 5.73 Å². The number of hydrogen-bond acceptors (Lipinski definition) is 2. The maximum absolute atomic E-state index is 5.55. The van der Waals surface area contributed by atoms with Crippen LogP contribution < -0.4 is 11.1 Å². The maximum atomic E-state index is 5.55. The molecule has 122 valence electrons. The van der Waals surface area contributed by atoms with Crippen LogP contribution in [0.2, 0.25) is 0 Å². The van der Waals surface area contributed by atoms with Gasteiger partial charge in [0.05, 0.1) is 0 Å². The van der Waals surface area contributed by atoms with E-state index in [1.54, 1.807) is 0 Å². The molecule has 0 aromatic heterocycles. The van der Waals surface area contributed by atoms with Crippen LogP contribution in [0.5, 0.6) is 0 Å². The summed E-state index contributed by atoms with van der Waals surface area (Å²) in [6.45, 7) is 13.3. The van der Waals surface area contributed by atoms with Gasteiger partial charge in [-0.05, 0) is 48.9 Å². The van der Waals surface area contributed by atoms with E-state index in [2.05, 4.69) is 30.4 Å². The Balaban J connectivity index is 0.000000921. The largest absolute Gasteiger partial charge is 0.330 e. The van der Waals surface area contributed by atoms with Crippen LogP contribution >= 0.6 is 0 Å². The standard InChI is InChI=1S/C15H24N2.2C2H6/c1-2-12-7-13(5-3-4-6-16)9-14(8-12)15-10-17-11-15;2*1-2/h7-9,15,17H,2-6,10-11,16H2,1H3;2*1-2H3. The molecule has 0 atom stereocenters. The summed E-state index contributed by atoms with van der Waals surface area (Å²) in [5.41, 5.74) is 10.1. The average molecular weight is 293 g/mol. The van der Waals surface area contributed by atoms with Crippen LogP contribution in [0.15, 0.2) is 18.2 Å². The van der Waals surface area contributed by atoms with Crippen molar-refractivity contribution in [3.8, 4) is 0 Å². The lowest BCUT2D eigenvalue weighted by Crippen LogP contribution is -2.39. The third kappa shape index (κ3) is 7.10. The molecule has 3 N–H and O–H groups in total. The summed E-state index contributed by atoms with van der Waals surface area (Å²) in [7, 11) is 0. The Hall–Kier alpha value is -0.860. The highest BCUT2D eigenvalue weighted by atomic mass is 14.9. The van der Waals surface area contributed by atoms with Crippen LogP contribution in [0, 0.1) is 0 Å². The topological polar surface area (TPSA) is 38.0 Å². The molecule has 1 heterocycles. The van der Waals surface area contributed by atoms with Crippen molar-refractivity contribution in [1.29, 1.82) is 0 Å². The van der Waals surface area contributed by atoms with Crippen LogP contribution in [0.4, 0.5) is 0 Å². The Bertz CT molecular complexity index is 357. The molecule has 0 spiro atoms. The number of nitrogens with one attached hydrogen (secondary N) is 1. The molecule has 1 saturated heterocycles. The minimum absolute atomic E-state index is 0.745. The summed E-state index contributed by atoms with van der Waals surface area (Å²) < 4.78 is 0. The van der Waals surface area contributed by atoms with Gasteiger partial charge in [0.15, 0.2) is 0 Å². The van der Waals surface area contributed by atoms with E-state index in [0.29, 0.717) is 0 Å². The minimum Gasteiger partial charge on any atom is -0.330 e. The SMILES string of the molecule is CC.CC.CCc1cc(CCCCN)cc(C2CNC2)c1. The molecule has 1 fully saturated rings. The molecule has 0 radical (unpaired) electrons. The van der Waals surface area contributed by atoms with Crippen molar-refractivity contribution >= 4 is 0 Å². The first kappa shape index (κ1) is 20.1. The van der Waals surface area contributed by atoms with Gasteiger partial charge < -0.3 is 11.1 Å². The molecule has 0 bridgehead atoms. The van der Waals surface area contributed by atoms with E-state index in [1.165, 1.54) is 29.5 Å². The van der Waals surface area contributed by atoms with Crippen molar-refractivity contribution in [3.63, 3.8) is 0 Å². The zero-order valence-electron chi connectivity index (χ0n) is 14.8. The molecule has 0 unspecified atom stereocenters. The van der Waals surface area contributed by atoms with Gasteiger partial charge in [-0.15, -0.1) is 0 Å². The van der Waals surface area contributed by atoms with E-state index in [0.717, 1.165) is 38.4 Å². The van der Waals surface area contributed by atoms with Gasteiger partial charge in [0, 0.05) is 19.0 Å². The molecule has 0 aliphatic carbocycles. The quantitative estimate of drug-likeness (QED) is 0.768. The first-order chi connectivity index (χ1) is 10.3. The Labute approximate surface area is 132 Å². The fourth-order valence-electron chi connectivity index (χ4n) is 2.37. The first-order valence-corrected chi connectivity index (χ1v) is 8.87. The second-order valence-electron chi connectivity index (χ2n) is 5.04. The number of rotatable bonds is 6. The molecule has 1 aromatic rings. The van der Waals surface area contributed by atoms with Gasteiger partial charge in [-0.1, -0.05) is 52.8 Å². The highest BCUT2D eigenvalue weighted by Crippen LogP contribution is 2.23. The first-order valence-electron chi connectivity index (χ1n) is 8.87. The molecule has 2 rings (SSSR count). The Kier molecular flexibility index (Phi) is 12.3. The van der Waals surface area contributed by atoms with Gasteiger partial charge in [0.25, 0.3) is 0 Å².